The molecular weight excluding hydrogens is 184 g/mol. The zero-order valence-corrected chi connectivity index (χ0v) is 9.49. The van der Waals surface area contributed by atoms with E-state index in [4.69, 9.17) is 0 Å². The van der Waals surface area contributed by atoms with Crippen molar-refractivity contribution in [1.29, 1.82) is 0 Å². The van der Waals surface area contributed by atoms with Crippen molar-refractivity contribution in [2.75, 3.05) is 0 Å². The van der Waals surface area contributed by atoms with Crippen LogP contribution in [-0.2, 0) is 4.79 Å². The van der Waals surface area contributed by atoms with Gasteiger partial charge in [0.25, 0.3) is 0 Å². The van der Waals surface area contributed by atoms with Crippen molar-refractivity contribution in [2.45, 2.75) is 33.1 Å². The molecule has 1 nitrogen and oxygen atoms in total. The Kier molecular flexibility index (Phi) is 4.82. The number of ketones is 1. The van der Waals surface area contributed by atoms with Crippen LogP contribution in [0, 0.1) is 0 Å². The van der Waals surface area contributed by atoms with Crippen LogP contribution in [0.4, 0.5) is 0 Å². The predicted molar refractivity (Wildman–Crippen MR) is 64.6 cm³/mol. The molecule has 0 saturated carbocycles. The third-order valence-electron chi connectivity index (χ3n) is 2.41. The van der Waals surface area contributed by atoms with Crippen LogP contribution in [0.3, 0.4) is 0 Å². The quantitative estimate of drug-likeness (QED) is 0.708. The molecule has 1 aromatic rings. The topological polar surface area (TPSA) is 17.1 Å². The van der Waals surface area contributed by atoms with Gasteiger partial charge in [-0.25, -0.2) is 0 Å². The number of benzene rings is 1. The van der Waals surface area contributed by atoms with Crippen molar-refractivity contribution in [2.24, 2.45) is 0 Å². The second kappa shape index (κ2) is 6.18. The van der Waals surface area contributed by atoms with Crippen LogP contribution in [0.2, 0.25) is 0 Å². The van der Waals surface area contributed by atoms with Gasteiger partial charge in [-0.05, 0) is 18.9 Å². The van der Waals surface area contributed by atoms with E-state index in [2.05, 4.69) is 25.1 Å². The molecule has 0 atom stereocenters. The lowest BCUT2D eigenvalue weighted by molar-refractivity contribution is -0.118. The van der Waals surface area contributed by atoms with Crippen molar-refractivity contribution in [1.82, 2.24) is 0 Å². The Morgan fingerprint density at radius 3 is 2.47 bits per heavy atom. The Hall–Kier alpha value is -1.37. The maximum Gasteiger partial charge on any atom is 0.132 e. The molecule has 1 rings (SSSR count). The molecule has 0 N–H and O–H groups in total. The van der Waals surface area contributed by atoms with Crippen molar-refractivity contribution in [3.05, 3.63) is 41.5 Å². The lowest BCUT2D eigenvalue weighted by Crippen LogP contribution is -1.94. The minimum Gasteiger partial charge on any atom is -0.300 e. The van der Waals surface area contributed by atoms with Crippen LogP contribution in [-0.4, -0.2) is 5.78 Å². The molecule has 0 unspecified atom stereocenters. The molecular formula is C14H18O. The van der Waals surface area contributed by atoms with Crippen LogP contribution in [0.15, 0.2) is 35.9 Å². The van der Waals surface area contributed by atoms with Crippen LogP contribution in [0.25, 0.3) is 6.08 Å². The molecule has 0 amide bonds. The van der Waals surface area contributed by atoms with Gasteiger partial charge in [0.1, 0.15) is 5.78 Å². The van der Waals surface area contributed by atoms with Gasteiger partial charge in [0.15, 0.2) is 0 Å². The fourth-order valence-electron chi connectivity index (χ4n) is 1.42. The van der Waals surface area contributed by atoms with E-state index in [0.29, 0.717) is 18.6 Å². The minimum absolute atomic E-state index is 0.343. The summed E-state index contributed by atoms with van der Waals surface area (Å²) in [5.74, 6) is 0.343. The zero-order chi connectivity index (χ0) is 11.1. The number of carbonyl (C=O) groups excluding carboxylic acids is 1. The molecule has 0 aliphatic heterocycles. The first-order chi connectivity index (χ1) is 7.22. The van der Waals surface area contributed by atoms with Gasteiger partial charge in [-0.2, -0.15) is 0 Å². The largest absolute Gasteiger partial charge is 0.300 e. The average Bonchev–Trinajstić information content (AvgIpc) is 2.27. The number of Topliss-reactive ketones (excluding diaryl/α,β-unsaturated/α-hetero) is 1. The highest BCUT2D eigenvalue weighted by atomic mass is 16.1. The summed E-state index contributed by atoms with van der Waals surface area (Å²) >= 11 is 0. The van der Waals surface area contributed by atoms with Crippen molar-refractivity contribution >= 4 is 11.9 Å². The summed E-state index contributed by atoms with van der Waals surface area (Å²) in [6.07, 6.45) is 4.34. The Balaban J connectivity index is 2.50. The SMILES string of the molecule is CCC(=O)CC/C(C)=C/c1ccccc1. The second-order valence-electron chi connectivity index (χ2n) is 3.79. The lowest BCUT2D eigenvalue weighted by Gasteiger charge is -2.00. The highest BCUT2D eigenvalue weighted by Crippen LogP contribution is 2.11. The standard InChI is InChI=1S/C14H18O/c1-3-14(15)10-9-12(2)11-13-7-5-4-6-8-13/h4-8,11H,3,9-10H2,1-2H3/b12-11+. The van der Waals surface area contributed by atoms with E-state index in [1.54, 1.807) is 0 Å². The van der Waals surface area contributed by atoms with Gasteiger partial charge in [-0.3, -0.25) is 4.79 Å². The number of allylic oxidation sites excluding steroid dienone is 1. The average molecular weight is 202 g/mol. The summed E-state index contributed by atoms with van der Waals surface area (Å²) in [4.78, 5) is 11.1. The van der Waals surface area contributed by atoms with E-state index in [1.165, 1.54) is 11.1 Å². The Labute approximate surface area is 91.8 Å². The number of rotatable bonds is 5. The van der Waals surface area contributed by atoms with Gasteiger partial charge in [0.2, 0.25) is 0 Å². The fourth-order valence-corrected chi connectivity index (χ4v) is 1.42. The first-order valence-electron chi connectivity index (χ1n) is 5.46. The van der Waals surface area contributed by atoms with Crippen LogP contribution in [0.1, 0.15) is 38.7 Å². The first kappa shape index (κ1) is 11.7. The van der Waals surface area contributed by atoms with E-state index in [1.807, 2.05) is 25.1 Å². The molecule has 0 aliphatic carbocycles. The summed E-state index contributed by atoms with van der Waals surface area (Å²) in [5, 5.41) is 0. The summed E-state index contributed by atoms with van der Waals surface area (Å²) in [6.45, 7) is 3.99. The molecule has 1 aromatic carbocycles. The minimum atomic E-state index is 0.343. The monoisotopic (exact) mass is 202 g/mol. The van der Waals surface area contributed by atoms with Crippen molar-refractivity contribution in [3.63, 3.8) is 0 Å². The Morgan fingerprint density at radius 1 is 1.20 bits per heavy atom. The van der Waals surface area contributed by atoms with E-state index in [0.717, 1.165) is 6.42 Å². The van der Waals surface area contributed by atoms with Gasteiger partial charge in [0.05, 0.1) is 0 Å². The molecule has 0 fully saturated rings. The summed E-state index contributed by atoms with van der Waals surface area (Å²) < 4.78 is 0. The first-order valence-corrected chi connectivity index (χ1v) is 5.46. The molecule has 0 heterocycles. The number of carbonyl (C=O) groups is 1. The summed E-state index contributed by atoms with van der Waals surface area (Å²) in [7, 11) is 0. The van der Waals surface area contributed by atoms with E-state index < -0.39 is 0 Å². The Morgan fingerprint density at radius 2 is 1.87 bits per heavy atom. The number of hydrogen-bond donors (Lipinski definition) is 0. The lowest BCUT2D eigenvalue weighted by atomic mass is 10.1. The summed E-state index contributed by atoms with van der Waals surface area (Å²) in [5.41, 5.74) is 2.47. The van der Waals surface area contributed by atoms with Crippen molar-refractivity contribution in [3.8, 4) is 0 Å². The fraction of sp³-hybridized carbons (Fsp3) is 0.357. The molecule has 0 saturated heterocycles. The third kappa shape index (κ3) is 4.59. The van der Waals surface area contributed by atoms with Crippen molar-refractivity contribution < 1.29 is 4.79 Å². The maximum absolute atomic E-state index is 11.1. The number of hydrogen-bond acceptors (Lipinski definition) is 1. The van der Waals surface area contributed by atoms with E-state index >= 15 is 0 Å². The third-order valence-corrected chi connectivity index (χ3v) is 2.41. The van der Waals surface area contributed by atoms with E-state index in [-0.39, 0.29) is 0 Å². The van der Waals surface area contributed by atoms with Crippen LogP contribution < -0.4 is 0 Å². The molecule has 1 heteroatoms. The van der Waals surface area contributed by atoms with Gasteiger partial charge >= 0.3 is 0 Å². The molecule has 0 aliphatic rings. The maximum atomic E-state index is 11.1. The van der Waals surface area contributed by atoms with Gasteiger partial charge in [-0.15, -0.1) is 0 Å². The highest BCUT2D eigenvalue weighted by Gasteiger charge is 1.98. The molecule has 15 heavy (non-hydrogen) atoms. The van der Waals surface area contributed by atoms with Crippen LogP contribution >= 0.6 is 0 Å². The molecule has 0 spiro atoms. The molecule has 0 bridgehead atoms. The van der Waals surface area contributed by atoms with Gasteiger partial charge in [-0.1, -0.05) is 48.9 Å². The normalized spacial score (nSPS) is 11.5. The molecule has 0 aromatic heterocycles. The smallest absolute Gasteiger partial charge is 0.132 e. The summed E-state index contributed by atoms with van der Waals surface area (Å²) in [6, 6.07) is 10.2. The zero-order valence-electron chi connectivity index (χ0n) is 9.49. The molecule has 0 radical (unpaired) electrons. The second-order valence-corrected chi connectivity index (χ2v) is 3.79. The Bertz CT molecular complexity index is 336. The van der Waals surface area contributed by atoms with Gasteiger partial charge < -0.3 is 0 Å². The van der Waals surface area contributed by atoms with Crippen LogP contribution in [0.5, 0.6) is 0 Å². The van der Waals surface area contributed by atoms with E-state index in [9.17, 15) is 4.79 Å². The van der Waals surface area contributed by atoms with Gasteiger partial charge in [0, 0.05) is 12.8 Å². The highest BCUT2D eigenvalue weighted by molar-refractivity contribution is 5.78. The predicted octanol–water partition coefficient (Wildman–Crippen LogP) is 3.85. The molecule has 80 valence electrons.